The van der Waals surface area contributed by atoms with Gasteiger partial charge in [0.2, 0.25) is 5.95 Å². The predicted molar refractivity (Wildman–Crippen MR) is 100 cm³/mol. The average Bonchev–Trinajstić information content (AvgIpc) is 2.95. The van der Waals surface area contributed by atoms with Crippen molar-refractivity contribution in [3.63, 3.8) is 0 Å². The second kappa shape index (κ2) is 7.71. The molecule has 0 radical (unpaired) electrons. The molecule has 0 aliphatic carbocycles. The van der Waals surface area contributed by atoms with Gasteiger partial charge in [0.1, 0.15) is 11.6 Å². The van der Waals surface area contributed by atoms with Crippen LogP contribution in [-0.2, 0) is 6.42 Å². The molecule has 3 rings (SSSR count). The Balaban J connectivity index is 2.00. The quantitative estimate of drug-likeness (QED) is 0.700. The Morgan fingerprint density at radius 1 is 1.37 bits per heavy atom. The van der Waals surface area contributed by atoms with Crippen LogP contribution in [0.2, 0.25) is 5.02 Å². The van der Waals surface area contributed by atoms with Crippen LogP contribution in [0.3, 0.4) is 0 Å². The third kappa shape index (κ3) is 4.06. The van der Waals surface area contributed by atoms with Crippen LogP contribution in [-0.4, -0.2) is 25.7 Å². The first-order valence-corrected chi connectivity index (χ1v) is 8.69. The number of carbonyl (C=O) groups is 1. The van der Waals surface area contributed by atoms with E-state index in [2.05, 4.69) is 20.4 Å². The molecule has 3 aromatic rings. The van der Waals surface area contributed by atoms with Crippen molar-refractivity contribution in [1.82, 2.24) is 19.7 Å². The molecular formula is C18H17ClFN5O2. The highest BCUT2D eigenvalue weighted by Gasteiger charge is 2.19. The van der Waals surface area contributed by atoms with Gasteiger partial charge in [-0.05, 0) is 25.5 Å². The van der Waals surface area contributed by atoms with Crippen molar-refractivity contribution < 1.29 is 9.18 Å². The van der Waals surface area contributed by atoms with Crippen molar-refractivity contribution in [2.24, 2.45) is 0 Å². The number of nitrogens with zero attached hydrogens (tertiary/aromatic N) is 3. The van der Waals surface area contributed by atoms with E-state index in [4.69, 9.17) is 11.6 Å². The van der Waals surface area contributed by atoms with Crippen LogP contribution < -0.4 is 10.9 Å². The van der Waals surface area contributed by atoms with Gasteiger partial charge >= 0.3 is 0 Å². The van der Waals surface area contributed by atoms with E-state index in [0.29, 0.717) is 17.8 Å². The van der Waals surface area contributed by atoms with Gasteiger partial charge in [0.25, 0.3) is 11.5 Å². The van der Waals surface area contributed by atoms with Gasteiger partial charge in [0.05, 0.1) is 16.3 Å². The molecule has 2 heterocycles. The fourth-order valence-corrected chi connectivity index (χ4v) is 2.87. The first-order chi connectivity index (χ1) is 12.9. The predicted octanol–water partition coefficient (Wildman–Crippen LogP) is 3.26. The molecule has 0 saturated carbocycles. The van der Waals surface area contributed by atoms with Crippen LogP contribution in [0.15, 0.2) is 35.1 Å². The van der Waals surface area contributed by atoms with E-state index < -0.39 is 11.7 Å². The summed E-state index contributed by atoms with van der Waals surface area (Å²) in [6.07, 6.45) is 1.45. The van der Waals surface area contributed by atoms with Crippen molar-refractivity contribution in [1.29, 1.82) is 0 Å². The van der Waals surface area contributed by atoms with Crippen LogP contribution in [0, 0.1) is 12.7 Å². The van der Waals surface area contributed by atoms with Crippen molar-refractivity contribution >= 4 is 23.3 Å². The van der Waals surface area contributed by atoms with E-state index in [0.717, 1.165) is 12.5 Å². The average molecular weight is 390 g/mol. The number of carbonyl (C=O) groups excluding carboxylic acids is 1. The van der Waals surface area contributed by atoms with Gasteiger partial charge in [-0.25, -0.2) is 9.37 Å². The fourth-order valence-electron chi connectivity index (χ4n) is 2.62. The van der Waals surface area contributed by atoms with Crippen LogP contribution in [0.5, 0.6) is 0 Å². The number of hydrogen-bond donors (Lipinski definition) is 2. The summed E-state index contributed by atoms with van der Waals surface area (Å²) in [5.41, 5.74) is 0.587. The van der Waals surface area contributed by atoms with Crippen molar-refractivity contribution in [2.45, 2.75) is 26.7 Å². The van der Waals surface area contributed by atoms with E-state index in [-0.39, 0.29) is 27.9 Å². The van der Waals surface area contributed by atoms with Crippen LogP contribution in [0.25, 0.3) is 5.95 Å². The number of nitrogens with one attached hydrogen (secondary N) is 2. The molecule has 2 N–H and O–H groups in total. The Morgan fingerprint density at radius 3 is 2.85 bits per heavy atom. The molecule has 0 aliphatic rings. The summed E-state index contributed by atoms with van der Waals surface area (Å²) in [5.74, 6) is -1.08. The lowest BCUT2D eigenvalue weighted by atomic mass is 10.2. The molecule has 1 aromatic carbocycles. The molecule has 27 heavy (non-hydrogen) atoms. The first kappa shape index (κ1) is 18.8. The van der Waals surface area contributed by atoms with E-state index in [1.54, 1.807) is 13.0 Å². The topological polar surface area (TPSA) is 92.7 Å². The molecule has 1 amide bonds. The summed E-state index contributed by atoms with van der Waals surface area (Å²) in [6.45, 7) is 3.70. The monoisotopic (exact) mass is 389 g/mol. The van der Waals surface area contributed by atoms with E-state index >= 15 is 0 Å². The number of rotatable bonds is 5. The van der Waals surface area contributed by atoms with Gasteiger partial charge in [0.15, 0.2) is 0 Å². The Labute approximate surface area is 159 Å². The third-order valence-corrected chi connectivity index (χ3v) is 4.07. The summed E-state index contributed by atoms with van der Waals surface area (Å²) in [4.78, 5) is 31.4. The number of aryl methyl sites for hydroxylation is 2. The number of hydrogen-bond acceptors (Lipinski definition) is 4. The minimum atomic E-state index is -0.737. The molecule has 0 bridgehead atoms. The highest BCUT2D eigenvalue weighted by atomic mass is 35.5. The highest BCUT2D eigenvalue weighted by Crippen LogP contribution is 2.21. The second-order valence-corrected chi connectivity index (χ2v) is 6.35. The maximum atomic E-state index is 14.0. The third-order valence-electron chi connectivity index (χ3n) is 3.75. The minimum Gasteiger partial charge on any atom is -0.306 e. The number of H-pyrrole nitrogens is 1. The number of benzene rings is 1. The molecule has 2 aromatic heterocycles. The number of amides is 1. The normalized spacial score (nSPS) is 10.8. The van der Waals surface area contributed by atoms with Gasteiger partial charge in [-0.1, -0.05) is 31.0 Å². The lowest BCUT2D eigenvalue weighted by molar-refractivity contribution is 0.102. The smallest absolute Gasteiger partial charge is 0.261 e. The Kier molecular flexibility index (Phi) is 5.36. The number of anilines is 1. The van der Waals surface area contributed by atoms with E-state index in [1.165, 1.54) is 22.9 Å². The van der Waals surface area contributed by atoms with E-state index in [9.17, 15) is 14.0 Å². The number of halogens is 2. The highest BCUT2D eigenvalue weighted by molar-refractivity contribution is 6.34. The largest absolute Gasteiger partial charge is 0.306 e. The Hall–Kier alpha value is -3.00. The maximum Gasteiger partial charge on any atom is 0.261 e. The first-order valence-electron chi connectivity index (χ1n) is 8.31. The van der Waals surface area contributed by atoms with Gasteiger partial charge in [-0.2, -0.15) is 9.78 Å². The summed E-state index contributed by atoms with van der Waals surface area (Å²) < 4.78 is 15.3. The summed E-state index contributed by atoms with van der Waals surface area (Å²) >= 11 is 5.95. The number of aromatic nitrogens is 4. The Morgan fingerprint density at radius 2 is 2.15 bits per heavy atom. The lowest BCUT2D eigenvalue weighted by Gasteiger charge is -2.10. The van der Waals surface area contributed by atoms with Gasteiger partial charge in [0, 0.05) is 17.8 Å². The van der Waals surface area contributed by atoms with Crippen molar-refractivity contribution in [3.05, 3.63) is 68.5 Å². The maximum absolute atomic E-state index is 14.0. The Bertz CT molecular complexity index is 1040. The molecule has 9 heteroatoms. The van der Waals surface area contributed by atoms with Crippen LogP contribution in [0.1, 0.15) is 35.1 Å². The fraction of sp³-hybridized carbons (Fsp3) is 0.222. The standard InChI is InChI=1S/C18H17ClFN5O2/c1-3-5-11-9-15(26)23-18(21-11)25-14(8-10(2)24-25)22-17(27)16-12(19)6-4-7-13(16)20/h4,6-9H,3,5H2,1-2H3,(H,22,27)(H,21,23,26). The van der Waals surface area contributed by atoms with Crippen molar-refractivity contribution in [2.75, 3.05) is 5.32 Å². The lowest BCUT2D eigenvalue weighted by Crippen LogP contribution is -2.20. The molecule has 0 saturated heterocycles. The summed E-state index contributed by atoms with van der Waals surface area (Å²) in [7, 11) is 0. The molecule has 0 spiro atoms. The zero-order chi connectivity index (χ0) is 19.6. The zero-order valence-corrected chi connectivity index (χ0v) is 15.5. The molecule has 140 valence electrons. The minimum absolute atomic E-state index is 0.00763. The molecule has 0 aliphatic heterocycles. The SMILES string of the molecule is CCCc1cc(=O)[nH]c(-n2nc(C)cc2NC(=O)c2c(F)cccc2Cl)n1. The summed E-state index contributed by atoms with van der Waals surface area (Å²) in [5, 5.41) is 6.82. The van der Waals surface area contributed by atoms with Crippen molar-refractivity contribution in [3.8, 4) is 5.95 Å². The molecule has 7 nitrogen and oxygen atoms in total. The van der Waals surface area contributed by atoms with Crippen LogP contribution in [0.4, 0.5) is 10.2 Å². The van der Waals surface area contributed by atoms with Crippen LogP contribution >= 0.6 is 11.6 Å². The van der Waals surface area contributed by atoms with Gasteiger partial charge in [-0.3, -0.25) is 14.6 Å². The molecule has 0 fully saturated rings. The summed E-state index contributed by atoms with van der Waals surface area (Å²) in [6, 6.07) is 6.99. The second-order valence-electron chi connectivity index (χ2n) is 5.94. The van der Waals surface area contributed by atoms with Gasteiger partial charge < -0.3 is 5.32 Å². The molecule has 0 unspecified atom stereocenters. The van der Waals surface area contributed by atoms with E-state index in [1.807, 2.05) is 6.92 Å². The molecule has 0 atom stereocenters. The molecular weight excluding hydrogens is 373 g/mol. The van der Waals surface area contributed by atoms with Gasteiger partial charge in [-0.15, -0.1) is 0 Å². The number of aromatic amines is 1. The zero-order valence-electron chi connectivity index (χ0n) is 14.7.